The average Bonchev–Trinajstić information content (AvgIpc) is 1.78. The van der Waals surface area contributed by atoms with Crippen LogP contribution in [0.3, 0.4) is 0 Å². The van der Waals surface area contributed by atoms with E-state index < -0.39 is 41.4 Å². The van der Waals surface area contributed by atoms with Gasteiger partial charge in [-0.2, -0.15) is 0 Å². The van der Waals surface area contributed by atoms with Crippen LogP contribution < -0.4 is 5.11 Å². The van der Waals surface area contributed by atoms with Gasteiger partial charge >= 0.3 is 0 Å². The van der Waals surface area contributed by atoms with Crippen molar-refractivity contribution in [2.75, 3.05) is 18.1 Å². The fraction of sp³-hybridized carbons (Fsp3) is 0.800. The van der Waals surface area contributed by atoms with Crippen molar-refractivity contribution in [1.82, 2.24) is 0 Å². The topological polar surface area (TPSA) is 40.1 Å². The Morgan fingerprint density at radius 3 is 2.67 bits per heavy atom. The normalized spacial score (nSPS) is 21.4. The minimum absolute atomic E-state index is 0. The summed E-state index contributed by atoms with van der Waals surface area (Å²) in [4.78, 5) is 10.1. The van der Waals surface area contributed by atoms with Crippen molar-refractivity contribution in [3.63, 3.8) is 0 Å². The summed E-state index contributed by atoms with van der Waals surface area (Å²) in [7, 11) is -1.90. The Labute approximate surface area is 72.8 Å². The molecule has 0 unspecified atom stereocenters. The molecule has 0 heterocycles. The minimum Gasteiger partial charge on any atom is -0.550 e. The molecule has 0 aromatic carbocycles. The van der Waals surface area contributed by atoms with Crippen LogP contribution in [-0.4, -0.2) is 24.1 Å². The summed E-state index contributed by atoms with van der Waals surface area (Å²) in [5.41, 5.74) is 0. The van der Waals surface area contributed by atoms with Crippen molar-refractivity contribution >= 4 is 29.3 Å². The molecule has 0 aromatic heterocycles. The average molecular weight is 177 g/mol. The van der Waals surface area contributed by atoms with E-state index in [0.29, 0.717) is 0 Å². The zero-order valence-corrected chi connectivity index (χ0v) is 6.18. The van der Waals surface area contributed by atoms with E-state index in [1.807, 2.05) is 0 Å². The lowest BCUT2D eigenvalue weighted by Gasteiger charge is -1.96. The lowest BCUT2D eigenvalue weighted by molar-refractivity contribution is -0.305. The molecule has 0 amide bonds. The van der Waals surface area contributed by atoms with Gasteiger partial charge < -0.3 is 9.90 Å². The van der Waals surface area contributed by atoms with Gasteiger partial charge in [-0.1, -0.05) is 0 Å². The third kappa shape index (κ3) is 11.6. The highest BCUT2D eigenvalue weighted by molar-refractivity contribution is 7.95. The lowest BCUT2D eigenvalue weighted by atomic mass is 10.5. The molecule has 0 fully saturated rings. The molecular formula is C5H11ClO2S. The monoisotopic (exact) mass is 176 g/mol. The molecule has 0 radical (unpaired) electrons. The fourth-order valence-corrected chi connectivity index (χ4v) is 0.556. The molecule has 0 saturated carbocycles. The van der Waals surface area contributed by atoms with Crippen molar-refractivity contribution in [2.45, 2.75) is 6.42 Å². The first-order chi connectivity index (χ1) is 6.05. The number of carbonyl (C=O) groups excluding carboxylic acids is 1. The Hall–Kier alpha value is 0.110. The van der Waals surface area contributed by atoms with Crippen LogP contribution in [0, 0.1) is 0 Å². The van der Waals surface area contributed by atoms with Crippen LogP contribution in [0.4, 0.5) is 0 Å². The second kappa shape index (κ2) is 6.23. The number of carbonyl (C=O) groups is 1. The minimum atomic E-state index is -2.64. The molecule has 0 aliphatic carbocycles. The van der Waals surface area contributed by atoms with Crippen LogP contribution >= 0.6 is 12.4 Å². The zero-order valence-electron chi connectivity index (χ0n) is 10.5. The maximum absolute atomic E-state index is 10.1. The maximum Gasteiger partial charge on any atom is 0.112 e. The number of rotatable bonds is 3. The van der Waals surface area contributed by atoms with Gasteiger partial charge in [0.1, 0.15) is 5.75 Å². The molecule has 9 heavy (non-hydrogen) atoms. The largest absolute Gasteiger partial charge is 0.550 e. The van der Waals surface area contributed by atoms with E-state index in [1.54, 1.807) is 0 Å². The lowest BCUT2D eigenvalue weighted by Crippen LogP contribution is -2.24. The Morgan fingerprint density at radius 2 is 2.33 bits per heavy atom. The summed E-state index contributed by atoms with van der Waals surface area (Å²) in [5.74, 6) is -1.83. The summed E-state index contributed by atoms with van der Waals surface area (Å²) in [6.45, 7) is 0. The molecule has 0 aromatic rings. The number of carboxylic acids is 1. The Morgan fingerprint density at radius 1 is 1.78 bits per heavy atom. The summed E-state index contributed by atoms with van der Waals surface area (Å²) in [5, 5.41) is 10.1. The second-order valence-electron chi connectivity index (χ2n) is 1.22. The summed E-state index contributed by atoms with van der Waals surface area (Å²) in [6, 6.07) is 0. The third-order valence-corrected chi connectivity index (χ3v) is 1.12. The summed E-state index contributed by atoms with van der Waals surface area (Å²) >= 11 is 0. The van der Waals surface area contributed by atoms with E-state index in [4.69, 9.17) is 8.22 Å². The molecule has 2 nitrogen and oxygen atoms in total. The van der Waals surface area contributed by atoms with Crippen LogP contribution in [0.2, 0.25) is 0 Å². The van der Waals surface area contributed by atoms with Crippen molar-refractivity contribution in [3.05, 3.63) is 0 Å². The van der Waals surface area contributed by atoms with Gasteiger partial charge in [0, 0.05) is 12.4 Å². The van der Waals surface area contributed by atoms with Crippen LogP contribution in [-0.2, 0) is 15.7 Å². The highest BCUT2D eigenvalue weighted by Crippen LogP contribution is 1.86. The molecular weight excluding hydrogens is 160 g/mol. The predicted octanol–water partition coefficient (Wildman–Crippen LogP) is -0.574. The number of halogens is 1. The molecule has 0 atom stereocenters. The summed E-state index contributed by atoms with van der Waals surface area (Å²) < 4.78 is 41.8. The first kappa shape index (κ1) is 3.49. The van der Waals surface area contributed by atoms with Gasteiger partial charge in [0.05, 0.1) is 20.6 Å². The van der Waals surface area contributed by atoms with Crippen molar-refractivity contribution in [1.29, 1.82) is 0 Å². The zero-order chi connectivity index (χ0) is 11.6. The Bertz CT molecular complexity index is 201. The Balaban J connectivity index is 0. The smallest absolute Gasteiger partial charge is 0.112 e. The van der Waals surface area contributed by atoms with Crippen molar-refractivity contribution in [2.24, 2.45) is 0 Å². The SMILES string of the molecule is Cl.[2H]C([2H])([2H])[S+](CCC(=O)[O-])C([2H])([2H])[2H]. The third-order valence-electron chi connectivity index (χ3n) is 0.510. The van der Waals surface area contributed by atoms with E-state index in [2.05, 4.69) is 0 Å². The molecule has 0 spiro atoms. The van der Waals surface area contributed by atoms with Crippen LogP contribution in [0.25, 0.3) is 0 Å². The van der Waals surface area contributed by atoms with Crippen molar-refractivity contribution in [3.8, 4) is 0 Å². The van der Waals surface area contributed by atoms with E-state index in [-0.39, 0.29) is 12.4 Å². The molecule has 0 aliphatic heterocycles. The van der Waals surface area contributed by atoms with Crippen molar-refractivity contribution < 1.29 is 18.1 Å². The van der Waals surface area contributed by atoms with E-state index in [9.17, 15) is 9.90 Å². The quantitative estimate of drug-likeness (QED) is 0.541. The predicted molar refractivity (Wildman–Crippen MR) is 41.0 cm³/mol. The van der Waals surface area contributed by atoms with Gasteiger partial charge in [0.25, 0.3) is 0 Å². The van der Waals surface area contributed by atoms with Gasteiger partial charge in [0.2, 0.25) is 0 Å². The molecule has 4 heteroatoms. The van der Waals surface area contributed by atoms with Gasteiger partial charge in [-0.05, 0) is 10.9 Å². The highest BCUT2D eigenvalue weighted by Gasteiger charge is 1.99. The molecule has 0 bridgehead atoms. The molecule has 0 rings (SSSR count). The fourth-order valence-electron chi connectivity index (χ4n) is 0.185. The van der Waals surface area contributed by atoms with Crippen LogP contribution in [0.1, 0.15) is 14.6 Å². The molecule has 0 saturated heterocycles. The number of carboxylic acid groups (broad SMARTS) is 1. The van der Waals surface area contributed by atoms with Gasteiger partial charge in [-0.3, -0.25) is 0 Å². The second-order valence-corrected chi connectivity index (χ2v) is 2.41. The summed E-state index contributed by atoms with van der Waals surface area (Å²) in [6.07, 6.45) is -5.82. The number of hydrogen-bond acceptors (Lipinski definition) is 2. The molecule has 56 valence electrons. The standard InChI is InChI=1S/C5H10O2S.ClH/c1-8(2)4-3-5(6)7;/h3-4H2,1-2H3;1H/i1D3,2D3;. The van der Waals surface area contributed by atoms with E-state index >= 15 is 0 Å². The van der Waals surface area contributed by atoms with Gasteiger partial charge in [-0.15, -0.1) is 12.4 Å². The number of hydrogen-bond donors (Lipinski definition) is 0. The number of aliphatic carboxylic acids is 1. The first-order valence-electron chi connectivity index (χ1n) is 4.96. The van der Waals surface area contributed by atoms with Crippen LogP contribution in [0.5, 0.6) is 0 Å². The highest BCUT2D eigenvalue weighted by atomic mass is 35.5. The molecule has 0 N–H and O–H groups in total. The van der Waals surface area contributed by atoms with E-state index in [0.717, 1.165) is 0 Å². The maximum atomic E-state index is 10.1. The van der Waals surface area contributed by atoms with Gasteiger partial charge in [-0.25, -0.2) is 0 Å². The first-order valence-corrected chi connectivity index (χ1v) is 3.35. The molecule has 0 aliphatic rings. The van der Waals surface area contributed by atoms with E-state index in [1.165, 1.54) is 0 Å². The Kier molecular flexibility index (Phi) is 2.41. The van der Waals surface area contributed by atoms with Crippen LogP contribution in [0.15, 0.2) is 0 Å². The van der Waals surface area contributed by atoms with Gasteiger partial charge in [0.15, 0.2) is 0 Å².